The Morgan fingerprint density at radius 3 is 2.38 bits per heavy atom. The second kappa shape index (κ2) is 9.73. The number of hydrogen-bond acceptors (Lipinski definition) is 5. The van der Waals surface area contributed by atoms with Gasteiger partial charge < -0.3 is 10.1 Å². The zero-order valence-corrected chi connectivity index (χ0v) is 17.8. The molecule has 0 saturated carbocycles. The van der Waals surface area contributed by atoms with Gasteiger partial charge in [0.25, 0.3) is 5.91 Å². The lowest BCUT2D eigenvalue weighted by atomic mass is 10.3. The average molecular weight is 484 g/mol. The van der Waals surface area contributed by atoms with Gasteiger partial charge in [-0.05, 0) is 43.3 Å². The van der Waals surface area contributed by atoms with E-state index in [-0.39, 0.29) is 25.7 Å². The van der Waals surface area contributed by atoms with E-state index in [0.717, 1.165) is 18.2 Å². The monoisotopic (exact) mass is 482 g/mol. The van der Waals surface area contributed by atoms with Crippen molar-refractivity contribution in [2.24, 2.45) is 0 Å². The Labute approximate surface area is 181 Å². The number of carbonyl (C=O) groups is 2. The highest BCUT2D eigenvalue weighted by molar-refractivity contribution is 7.89. The second-order valence-electron chi connectivity index (χ2n) is 5.70. The lowest BCUT2D eigenvalue weighted by Gasteiger charge is -2.14. The Balaban J connectivity index is 1.92. The molecule has 0 saturated heterocycles. The smallest absolute Gasteiger partial charge is 0.324 e. The van der Waals surface area contributed by atoms with Crippen LogP contribution in [-0.2, 0) is 24.3 Å². The minimum absolute atomic E-state index is 0.0286. The first kappa shape index (κ1) is 23.4. The molecule has 12 heteroatoms. The predicted molar refractivity (Wildman–Crippen MR) is 107 cm³/mol. The van der Waals surface area contributed by atoms with Crippen molar-refractivity contribution in [2.75, 3.05) is 11.9 Å². The maximum Gasteiger partial charge on any atom is 0.324 e. The highest BCUT2D eigenvalue weighted by Gasteiger charge is 2.24. The SMILES string of the molecule is CC(NS(=O)(=O)c1ccc(Cl)c(Cl)c1)C(=O)OCC(=O)Nc1ccc(F)cc1Cl. The number of esters is 1. The van der Waals surface area contributed by atoms with E-state index in [1.165, 1.54) is 25.1 Å². The molecule has 0 aromatic heterocycles. The number of rotatable bonds is 7. The Bertz CT molecular complexity index is 1050. The highest BCUT2D eigenvalue weighted by Crippen LogP contribution is 2.25. The summed E-state index contributed by atoms with van der Waals surface area (Å²) in [6.07, 6.45) is 0. The highest BCUT2D eigenvalue weighted by atomic mass is 35.5. The normalized spacial score (nSPS) is 12.3. The largest absolute Gasteiger partial charge is 0.454 e. The maximum absolute atomic E-state index is 13.0. The van der Waals surface area contributed by atoms with Crippen LogP contribution < -0.4 is 10.0 Å². The second-order valence-corrected chi connectivity index (χ2v) is 8.63. The molecule has 1 atom stereocenters. The molecule has 0 spiro atoms. The van der Waals surface area contributed by atoms with Gasteiger partial charge in [-0.2, -0.15) is 4.72 Å². The van der Waals surface area contributed by atoms with Crippen LogP contribution in [0.25, 0.3) is 0 Å². The van der Waals surface area contributed by atoms with Crippen molar-refractivity contribution in [1.29, 1.82) is 0 Å². The van der Waals surface area contributed by atoms with Crippen molar-refractivity contribution in [3.63, 3.8) is 0 Å². The fraction of sp³-hybridized carbons (Fsp3) is 0.176. The van der Waals surface area contributed by atoms with Crippen LogP contribution in [0.3, 0.4) is 0 Å². The zero-order valence-electron chi connectivity index (χ0n) is 14.7. The summed E-state index contributed by atoms with van der Waals surface area (Å²) >= 11 is 17.3. The van der Waals surface area contributed by atoms with E-state index in [2.05, 4.69) is 10.0 Å². The van der Waals surface area contributed by atoms with Crippen molar-refractivity contribution in [3.05, 3.63) is 57.3 Å². The zero-order chi connectivity index (χ0) is 21.8. The summed E-state index contributed by atoms with van der Waals surface area (Å²) in [4.78, 5) is 23.6. The Kier molecular flexibility index (Phi) is 7.84. The summed E-state index contributed by atoms with van der Waals surface area (Å²) in [6, 6.07) is 5.68. The molecule has 7 nitrogen and oxygen atoms in total. The molecule has 0 aliphatic carbocycles. The minimum atomic E-state index is -4.09. The van der Waals surface area contributed by atoms with Gasteiger partial charge in [0.1, 0.15) is 11.9 Å². The van der Waals surface area contributed by atoms with Crippen molar-refractivity contribution in [3.8, 4) is 0 Å². The van der Waals surface area contributed by atoms with E-state index in [1.807, 2.05) is 0 Å². The third-order valence-corrected chi connectivity index (χ3v) is 6.03. The molecule has 0 fully saturated rings. The van der Waals surface area contributed by atoms with Gasteiger partial charge in [0, 0.05) is 0 Å². The van der Waals surface area contributed by atoms with Crippen LogP contribution in [0.5, 0.6) is 0 Å². The molecule has 0 bridgehead atoms. The van der Waals surface area contributed by atoms with Crippen molar-refractivity contribution in [2.45, 2.75) is 17.9 Å². The number of anilines is 1. The quantitative estimate of drug-likeness (QED) is 0.586. The van der Waals surface area contributed by atoms with Gasteiger partial charge in [-0.25, -0.2) is 12.8 Å². The fourth-order valence-electron chi connectivity index (χ4n) is 2.03. The molecule has 2 rings (SSSR count). The molecule has 2 aromatic carbocycles. The number of nitrogens with one attached hydrogen (secondary N) is 2. The van der Waals surface area contributed by atoms with Crippen molar-refractivity contribution in [1.82, 2.24) is 4.72 Å². The van der Waals surface area contributed by atoms with Gasteiger partial charge in [-0.3, -0.25) is 9.59 Å². The van der Waals surface area contributed by atoms with Crippen LogP contribution in [0.4, 0.5) is 10.1 Å². The van der Waals surface area contributed by atoms with Gasteiger partial charge in [-0.15, -0.1) is 0 Å². The van der Waals surface area contributed by atoms with E-state index in [4.69, 9.17) is 39.5 Å². The molecule has 0 aliphatic rings. The van der Waals surface area contributed by atoms with Crippen molar-refractivity contribution < 1.29 is 27.1 Å². The fourth-order valence-corrected chi connectivity index (χ4v) is 3.83. The number of carbonyl (C=O) groups excluding carboxylic acids is 2. The maximum atomic E-state index is 13.0. The van der Waals surface area contributed by atoms with Crippen molar-refractivity contribution >= 4 is 62.4 Å². The molecule has 29 heavy (non-hydrogen) atoms. The molecule has 0 radical (unpaired) electrons. The third kappa shape index (κ3) is 6.55. The minimum Gasteiger partial charge on any atom is -0.454 e. The molecule has 156 valence electrons. The molecule has 0 heterocycles. The van der Waals surface area contributed by atoms with Crippen LogP contribution in [-0.4, -0.2) is 32.9 Å². The molecule has 0 aliphatic heterocycles. The lowest BCUT2D eigenvalue weighted by Crippen LogP contribution is -2.40. The van der Waals surface area contributed by atoms with Gasteiger partial charge in [-0.1, -0.05) is 34.8 Å². The number of benzene rings is 2. The number of sulfonamides is 1. The standard InChI is InChI=1S/C17H14Cl3FN2O5S/c1-9(23-29(26,27)11-3-4-12(18)13(19)7-11)17(25)28-8-16(24)22-15-5-2-10(21)6-14(15)20/h2-7,9,23H,8H2,1H3,(H,22,24). The first-order valence-electron chi connectivity index (χ1n) is 7.88. The molecular formula is C17H14Cl3FN2O5S. The van der Waals surface area contributed by atoms with Crippen LogP contribution in [0.15, 0.2) is 41.3 Å². The first-order valence-corrected chi connectivity index (χ1v) is 10.5. The molecule has 2 N–H and O–H groups in total. The first-order chi connectivity index (χ1) is 13.5. The summed E-state index contributed by atoms with van der Waals surface area (Å²) in [5, 5.41) is 2.50. The van der Waals surface area contributed by atoms with Gasteiger partial charge in [0.05, 0.1) is 25.7 Å². The summed E-state index contributed by atoms with van der Waals surface area (Å²) in [5.41, 5.74) is 0.127. The topological polar surface area (TPSA) is 102 Å². The number of hydrogen-bond donors (Lipinski definition) is 2. The van der Waals surface area contributed by atoms with E-state index in [9.17, 15) is 22.4 Å². The number of amides is 1. The molecule has 2 aromatic rings. The summed E-state index contributed by atoms with van der Waals surface area (Å²) in [6.45, 7) is 0.539. The third-order valence-electron chi connectivity index (χ3n) is 3.44. The molecular weight excluding hydrogens is 470 g/mol. The number of ether oxygens (including phenoxy) is 1. The van der Waals surface area contributed by atoms with Crippen LogP contribution in [0, 0.1) is 5.82 Å². The molecule has 1 unspecified atom stereocenters. The Morgan fingerprint density at radius 1 is 1.07 bits per heavy atom. The van der Waals surface area contributed by atoms with Crippen LogP contribution in [0.2, 0.25) is 15.1 Å². The Morgan fingerprint density at radius 2 is 1.76 bits per heavy atom. The Hall–Kier alpha value is -1.91. The summed E-state index contributed by atoms with van der Waals surface area (Å²) < 4.78 is 44.5. The van der Waals surface area contributed by atoms with E-state index >= 15 is 0 Å². The number of halogens is 4. The molecule has 1 amide bonds. The summed E-state index contributed by atoms with van der Waals surface area (Å²) in [7, 11) is -4.09. The van der Waals surface area contributed by atoms with E-state index in [1.54, 1.807) is 0 Å². The van der Waals surface area contributed by atoms with Gasteiger partial charge >= 0.3 is 5.97 Å². The van der Waals surface area contributed by atoms with E-state index < -0.39 is 40.4 Å². The average Bonchev–Trinajstić information content (AvgIpc) is 2.63. The van der Waals surface area contributed by atoms with Crippen LogP contribution in [0.1, 0.15) is 6.92 Å². The summed E-state index contributed by atoms with van der Waals surface area (Å²) in [5.74, 6) is -2.32. The predicted octanol–water partition coefficient (Wildman–Crippen LogP) is 3.63. The van der Waals surface area contributed by atoms with Gasteiger partial charge in [0.15, 0.2) is 6.61 Å². The van der Waals surface area contributed by atoms with Crippen LogP contribution >= 0.6 is 34.8 Å². The van der Waals surface area contributed by atoms with Gasteiger partial charge in [0.2, 0.25) is 10.0 Å². The van der Waals surface area contributed by atoms with E-state index in [0.29, 0.717) is 0 Å². The lowest BCUT2D eigenvalue weighted by molar-refractivity contribution is -0.148.